The number of nitrogens with zero attached hydrogens (tertiary/aromatic N) is 4. The lowest BCUT2D eigenvalue weighted by Gasteiger charge is -2.17. The number of rotatable bonds is 3. The van der Waals surface area contributed by atoms with Crippen LogP contribution in [0, 0.1) is 6.92 Å². The molecule has 4 rings (SSSR count). The first kappa shape index (κ1) is 30.2. The quantitative estimate of drug-likeness (QED) is 0.460. The molecule has 0 fully saturated rings. The molecule has 0 saturated carbocycles. The van der Waals surface area contributed by atoms with E-state index in [4.69, 9.17) is 24.2 Å². The molecule has 15 heteroatoms. The number of halogens is 6. The summed E-state index contributed by atoms with van der Waals surface area (Å²) in [4.78, 5) is 33.5. The molecule has 206 valence electrons. The van der Waals surface area contributed by atoms with E-state index in [0.717, 1.165) is 60.9 Å². The van der Waals surface area contributed by atoms with Crippen molar-refractivity contribution < 1.29 is 50.6 Å². The number of fused-ring (bicyclic) bond motifs is 1. The standard InChI is InChI=1S/C19H20N4O.2C2HF3O2/c1-14-4-5-16(24-14)12-23-9-6-17-18(7-10-23)21-13-22-19(17)15-3-2-8-20-11-15;2*3-2(4,5)1(6)7/h2-5,8,11,13H,6-7,9-10,12H2,1H3;2*(H,6,7). The van der Waals surface area contributed by atoms with E-state index in [1.54, 1.807) is 12.5 Å². The summed E-state index contributed by atoms with van der Waals surface area (Å²) < 4.78 is 69.2. The van der Waals surface area contributed by atoms with E-state index in [9.17, 15) is 26.3 Å². The molecule has 0 saturated heterocycles. The Morgan fingerprint density at radius 3 is 2.08 bits per heavy atom. The highest BCUT2D eigenvalue weighted by Gasteiger charge is 2.38. The van der Waals surface area contributed by atoms with E-state index < -0.39 is 24.3 Å². The molecule has 2 N–H and O–H groups in total. The van der Waals surface area contributed by atoms with Crippen molar-refractivity contribution in [2.24, 2.45) is 0 Å². The van der Waals surface area contributed by atoms with Gasteiger partial charge < -0.3 is 14.6 Å². The first-order chi connectivity index (χ1) is 17.7. The molecule has 0 aliphatic carbocycles. The summed E-state index contributed by atoms with van der Waals surface area (Å²) in [5, 5.41) is 14.2. The number of carboxylic acids is 2. The number of aliphatic carboxylic acids is 2. The molecule has 0 bridgehead atoms. The molecule has 1 aliphatic rings. The monoisotopic (exact) mass is 548 g/mol. The van der Waals surface area contributed by atoms with E-state index in [2.05, 4.69) is 32.0 Å². The zero-order valence-corrected chi connectivity index (χ0v) is 19.8. The van der Waals surface area contributed by atoms with Crippen molar-refractivity contribution in [3.8, 4) is 11.3 Å². The molecule has 0 atom stereocenters. The Kier molecular flexibility index (Phi) is 10.3. The van der Waals surface area contributed by atoms with Gasteiger partial charge in [-0.2, -0.15) is 26.3 Å². The number of carbonyl (C=O) groups is 2. The average Bonchev–Trinajstić information content (AvgIpc) is 3.13. The molecule has 3 aromatic rings. The Morgan fingerprint density at radius 2 is 1.58 bits per heavy atom. The fourth-order valence-corrected chi connectivity index (χ4v) is 3.27. The summed E-state index contributed by atoms with van der Waals surface area (Å²) in [5.74, 6) is -3.52. The van der Waals surface area contributed by atoms with E-state index in [1.165, 1.54) is 5.56 Å². The summed E-state index contributed by atoms with van der Waals surface area (Å²) >= 11 is 0. The minimum absolute atomic E-state index is 0.845. The Balaban J connectivity index is 0.000000301. The van der Waals surface area contributed by atoms with Gasteiger partial charge in [0.2, 0.25) is 0 Å². The highest BCUT2D eigenvalue weighted by atomic mass is 19.4. The van der Waals surface area contributed by atoms with Crippen molar-refractivity contribution in [3.05, 3.63) is 65.8 Å². The van der Waals surface area contributed by atoms with Crippen LogP contribution in [0.25, 0.3) is 11.3 Å². The fraction of sp³-hybridized carbons (Fsp3) is 0.348. The normalized spacial score (nSPS) is 13.7. The molecule has 1 aliphatic heterocycles. The van der Waals surface area contributed by atoms with Gasteiger partial charge in [-0.3, -0.25) is 9.88 Å². The van der Waals surface area contributed by atoms with Gasteiger partial charge in [0.1, 0.15) is 17.8 Å². The van der Waals surface area contributed by atoms with Crippen LogP contribution in [0.15, 0.2) is 47.4 Å². The summed E-state index contributed by atoms with van der Waals surface area (Å²) in [7, 11) is 0. The topological polar surface area (TPSA) is 130 Å². The second-order valence-corrected chi connectivity index (χ2v) is 7.78. The zero-order chi connectivity index (χ0) is 28.5. The highest BCUT2D eigenvalue weighted by molar-refractivity contribution is 5.73. The molecule has 4 heterocycles. The van der Waals surface area contributed by atoms with E-state index in [-0.39, 0.29) is 0 Å². The highest BCUT2D eigenvalue weighted by Crippen LogP contribution is 2.25. The Hall–Kier alpha value is -4.01. The third-order valence-electron chi connectivity index (χ3n) is 4.97. The second-order valence-electron chi connectivity index (χ2n) is 7.78. The smallest absolute Gasteiger partial charge is 0.475 e. The number of aryl methyl sites for hydroxylation is 1. The fourth-order valence-electron chi connectivity index (χ4n) is 3.27. The third-order valence-corrected chi connectivity index (χ3v) is 4.97. The van der Waals surface area contributed by atoms with Crippen LogP contribution in [0.3, 0.4) is 0 Å². The van der Waals surface area contributed by atoms with Crippen LogP contribution >= 0.6 is 0 Å². The maximum atomic E-state index is 10.6. The van der Waals surface area contributed by atoms with Crippen molar-refractivity contribution in [2.75, 3.05) is 13.1 Å². The summed E-state index contributed by atoms with van der Waals surface area (Å²) in [5.41, 5.74) is 4.49. The van der Waals surface area contributed by atoms with Gasteiger partial charge in [0.05, 0.1) is 12.2 Å². The summed E-state index contributed by atoms with van der Waals surface area (Å²) in [6.45, 7) is 4.79. The Morgan fingerprint density at radius 1 is 0.974 bits per heavy atom. The van der Waals surface area contributed by atoms with Crippen LogP contribution in [0.1, 0.15) is 22.8 Å². The number of hydrogen-bond donors (Lipinski definition) is 2. The lowest BCUT2D eigenvalue weighted by Crippen LogP contribution is -2.25. The lowest BCUT2D eigenvalue weighted by atomic mass is 10.0. The summed E-state index contributed by atoms with van der Waals surface area (Å²) in [6, 6.07) is 8.10. The number of hydrogen-bond acceptors (Lipinski definition) is 7. The largest absolute Gasteiger partial charge is 0.490 e. The molecule has 0 radical (unpaired) electrons. The van der Waals surface area contributed by atoms with Gasteiger partial charge in [-0.05, 0) is 37.6 Å². The minimum atomic E-state index is -5.08. The van der Waals surface area contributed by atoms with Crippen LogP contribution in [0.5, 0.6) is 0 Å². The van der Waals surface area contributed by atoms with Gasteiger partial charge in [-0.25, -0.2) is 19.6 Å². The molecule has 0 unspecified atom stereocenters. The predicted molar refractivity (Wildman–Crippen MR) is 119 cm³/mol. The first-order valence-electron chi connectivity index (χ1n) is 10.8. The van der Waals surface area contributed by atoms with Crippen LogP contribution in [-0.4, -0.2) is 67.4 Å². The number of aromatic nitrogens is 3. The second kappa shape index (κ2) is 13.0. The van der Waals surface area contributed by atoms with Crippen molar-refractivity contribution in [1.82, 2.24) is 19.9 Å². The van der Waals surface area contributed by atoms with Crippen molar-refractivity contribution >= 4 is 11.9 Å². The average molecular weight is 548 g/mol. The van der Waals surface area contributed by atoms with Gasteiger partial charge in [0, 0.05) is 48.7 Å². The van der Waals surface area contributed by atoms with Gasteiger partial charge in [-0.1, -0.05) is 0 Å². The van der Waals surface area contributed by atoms with Gasteiger partial charge in [0.15, 0.2) is 0 Å². The van der Waals surface area contributed by atoms with Crippen molar-refractivity contribution in [2.45, 2.75) is 38.7 Å². The maximum absolute atomic E-state index is 10.6. The predicted octanol–water partition coefficient (Wildman–Crippen LogP) is 4.31. The van der Waals surface area contributed by atoms with Crippen molar-refractivity contribution in [1.29, 1.82) is 0 Å². The maximum Gasteiger partial charge on any atom is 0.490 e. The van der Waals surface area contributed by atoms with Gasteiger partial charge in [0.25, 0.3) is 0 Å². The zero-order valence-electron chi connectivity index (χ0n) is 19.8. The molecule has 0 aromatic carbocycles. The van der Waals surface area contributed by atoms with E-state index >= 15 is 0 Å². The minimum Gasteiger partial charge on any atom is -0.475 e. The molecule has 9 nitrogen and oxygen atoms in total. The number of furan rings is 1. The van der Waals surface area contributed by atoms with Crippen molar-refractivity contribution in [3.63, 3.8) is 0 Å². The first-order valence-corrected chi connectivity index (χ1v) is 10.8. The Bertz CT molecular complexity index is 1190. The lowest BCUT2D eigenvalue weighted by molar-refractivity contribution is -0.193. The van der Waals surface area contributed by atoms with Gasteiger partial charge >= 0.3 is 24.3 Å². The number of pyridine rings is 1. The van der Waals surface area contributed by atoms with Crippen LogP contribution in [0.2, 0.25) is 0 Å². The van der Waals surface area contributed by atoms with Crippen LogP contribution in [-0.2, 0) is 29.0 Å². The van der Waals surface area contributed by atoms with Crippen LogP contribution < -0.4 is 0 Å². The Labute approximate surface area is 211 Å². The van der Waals surface area contributed by atoms with Gasteiger partial charge in [-0.15, -0.1) is 0 Å². The molecule has 0 spiro atoms. The molecular weight excluding hydrogens is 526 g/mol. The molecule has 38 heavy (non-hydrogen) atoms. The number of carboxylic acid groups (broad SMARTS) is 2. The van der Waals surface area contributed by atoms with E-state index in [0.29, 0.717) is 0 Å². The molecular formula is C23H22F6N4O5. The number of alkyl halides is 6. The SMILES string of the molecule is Cc1ccc(CN2CCc3ncnc(-c4cccnc4)c3CC2)o1.O=C(O)C(F)(F)F.O=C(O)C(F)(F)F. The molecule has 3 aromatic heterocycles. The summed E-state index contributed by atoms with van der Waals surface area (Å²) in [6.07, 6.45) is -2.95. The third kappa shape index (κ3) is 9.46. The molecule has 0 amide bonds. The van der Waals surface area contributed by atoms with Crippen LogP contribution in [0.4, 0.5) is 26.3 Å². The van der Waals surface area contributed by atoms with E-state index in [1.807, 2.05) is 25.3 Å².